The minimum Gasteiger partial charge on any atom is -0.367 e. The quantitative estimate of drug-likeness (QED) is 0.710. The SMILES string of the molecule is CO[C@@H](C(=O)NCCc1noc(-c2ccccn2)n1)c1ccccc1. The van der Waals surface area contributed by atoms with Crippen molar-refractivity contribution in [2.24, 2.45) is 0 Å². The summed E-state index contributed by atoms with van der Waals surface area (Å²) in [6.45, 7) is 0.382. The number of benzene rings is 1. The Morgan fingerprint density at radius 2 is 2.00 bits per heavy atom. The molecule has 0 aliphatic rings. The van der Waals surface area contributed by atoms with Crippen LogP contribution in [0.4, 0.5) is 0 Å². The Morgan fingerprint density at radius 1 is 1.20 bits per heavy atom. The van der Waals surface area contributed by atoms with Crippen molar-refractivity contribution in [3.8, 4) is 11.6 Å². The normalized spacial score (nSPS) is 11.9. The van der Waals surface area contributed by atoms with E-state index in [4.69, 9.17) is 9.26 Å². The van der Waals surface area contributed by atoms with Crippen LogP contribution in [-0.2, 0) is 16.0 Å². The molecule has 0 bridgehead atoms. The average molecular weight is 338 g/mol. The van der Waals surface area contributed by atoms with E-state index in [1.165, 1.54) is 7.11 Å². The molecule has 7 heteroatoms. The number of carbonyl (C=O) groups excluding carboxylic acids is 1. The van der Waals surface area contributed by atoms with E-state index in [1.807, 2.05) is 42.5 Å². The average Bonchev–Trinajstić information content (AvgIpc) is 3.13. The van der Waals surface area contributed by atoms with Crippen molar-refractivity contribution in [3.05, 3.63) is 66.1 Å². The molecule has 0 saturated heterocycles. The van der Waals surface area contributed by atoms with Gasteiger partial charge in [0.2, 0.25) is 0 Å². The van der Waals surface area contributed by atoms with Crippen LogP contribution in [0, 0.1) is 0 Å². The molecule has 128 valence electrons. The van der Waals surface area contributed by atoms with E-state index in [1.54, 1.807) is 12.3 Å². The Bertz CT molecular complexity index is 805. The molecule has 3 aromatic rings. The minimum atomic E-state index is -0.643. The molecule has 0 spiro atoms. The van der Waals surface area contributed by atoms with Gasteiger partial charge in [0.15, 0.2) is 11.9 Å². The van der Waals surface area contributed by atoms with Gasteiger partial charge >= 0.3 is 0 Å². The number of nitrogens with zero attached hydrogens (tertiary/aromatic N) is 3. The van der Waals surface area contributed by atoms with E-state index in [0.29, 0.717) is 30.4 Å². The van der Waals surface area contributed by atoms with Crippen molar-refractivity contribution < 1.29 is 14.1 Å². The standard InChI is InChI=1S/C18H18N4O3/c1-24-16(13-7-3-2-4-8-13)17(23)20-12-10-15-21-18(25-22-15)14-9-5-6-11-19-14/h2-9,11,16H,10,12H2,1H3,(H,20,23)/t16-/m1/s1. The Morgan fingerprint density at radius 3 is 2.72 bits per heavy atom. The van der Waals surface area contributed by atoms with E-state index in [2.05, 4.69) is 20.4 Å². The predicted molar refractivity (Wildman–Crippen MR) is 90.4 cm³/mol. The minimum absolute atomic E-state index is 0.206. The van der Waals surface area contributed by atoms with Gasteiger partial charge in [-0.1, -0.05) is 41.6 Å². The fourth-order valence-electron chi connectivity index (χ4n) is 2.36. The molecule has 1 aromatic carbocycles. The first-order valence-corrected chi connectivity index (χ1v) is 7.87. The number of hydrogen-bond acceptors (Lipinski definition) is 6. The van der Waals surface area contributed by atoms with E-state index >= 15 is 0 Å². The molecule has 1 N–H and O–H groups in total. The van der Waals surface area contributed by atoms with E-state index in [0.717, 1.165) is 5.56 Å². The van der Waals surface area contributed by atoms with Gasteiger partial charge in [-0.2, -0.15) is 4.98 Å². The van der Waals surface area contributed by atoms with Gasteiger partial charge in [0, 0.05) is 26.3 Å². The highest BCUT2D eigenvalue weighted by molar-refractivity contribution is 5.82. The Hall–Kier alpha value is -3.06. The first-order valence-electron chi connectivity index (χ1n) is 7.87. The van der Waals surface area contributed by atoms with Crippen molar-refractivity contribution in [1.82, 2.24) is 20.4 Å². The van der Waals surface area contributed by atoms with Crippen molar-refractivity contribution in [2.75, 3.05) is 13.7 Å². The van der Waals surface area contributed by atoms with E-state index < -0.39 is 6.10 Å². The van der Waals surface area contributed by atoms with Crippen LogP contribution in [-0.4, -0.2) is 34.7 Å². The van der Waals surface area contributed by atoms with Crippen molar-refractivity contribution in [2.45, 2.75) is 12.5 Å². The van der Waals surface area contributed by atoms with Crippen LogP contribution in [0.15, 0.2) is 59.3 Å². The number of aromatic nitrogens is 3. The summed E-state index contributed by atoms with van der Waals surface area (Å²) in [6.07, 6.45) is 1.47. The van der Waals surface area contributed by atoms with Gasteiger partial charge in [-0.3, -0.25) is 9.78 Å². The first kappa shape index (κ1) is 16.8. The maximum atomic E-state index is 12.3. The third-order valence-electron chi connectivity index (χ3n) is 3.58. The molecular weight excluding hydrogens is 320 g/mol. The zero-order valence-corrected chi connectivity index (χ0v) is 13.8. The molecular formula is C18H18N4O3. The van der Waals surface area contributed by atoms with E-state index in [-0.39, 0.29) is 5.91 Å². The Kier molecular flexibility index (Phi) is 5.48. The summed E-state index contributed by atoms with van der Waals surface area (Å²) in [5.41, 5.74) is 1.42. The summed E-state index contributed by atoms with van der Waals surface area (Å²) >= 11 is 0. The van der Waals surface area contributed by atoms with Crippen LogP contribution >= 0.6 is 0 Å². The largest absolute Gasteiger partial charge is 0.367 e. The van der Waals surface area contributed by atoms with Crippen molar-refractivity contribution in [1.29, 1.82) is 0 Å². The second kappa shape index (κ2) is 8.16. The summed E-state index contributed by atoms with van der Waals surface area (Å²) < 4.78 is 10.5. The lowest BCUT2D eigenvalue weighted by Crippen LogP contribution is -2.32. The highest BCUT2D eigenvalue weighted by Crippen LogP contribution is 2.16. The molecule has 0 radical (unpaired) electrons. The predicted octanol–water partition coefficient (Wildman–Crippen LogP) is 2.18. The molecule has 1 amide bonds. The summed E-state index contributed by atoms with van der Waals surface area (Å²) in [7, 11) is 1.51. The molecule has 0 aliphatic carbocycles. The summed E-state index contributed by atoms with van der Waals surface area (Å²) in [6, 6.07) is 14.8. The Balaban J connectivity index is 1.54. The third kappa shape index (κ3) is 4.27. The number of ether oxygens (including phenoxy) is 1. The second-order valence-corrected chi connectivity index (χ2v) is 5.30. The molecule has 7 nitrogen and oxygen atoms in total. The lowest BCUT2D eigenvalue weighted by atomic mass is 10.1. The van der Waals surface area contributed by atoms with Gasteiger partial charge in [-0.25, -0.2) is 0 Å². The van der Waals surface area contributed by atoms with Gasteiger partial charge in [0.25, 0.3) is 11.8 Å². The maximum absolute atomic E-state index is 12.3. The highest BCUT2D eigenvalue weighted by Gasteiger charge is 2.19. The molecule has 0 fully saturated rings. The van der Waals surface area contributed by atoms with Gasteiger partial charge in [-0.15, -0.1) is 0 Å². The van der Waals surface area contributed by atoms with Gasteiger partial charge < -0.3 is 14.6 Å². The topological polar surface area (TPSA) is 90.1 Å². The molecule has 2 heterocycles. The number of amides is 1. The number of carbonyl (C=O) groups is 1. The molecule has 0 saturated carbocycles. The van der Waals surface area contributed by atoms with Gasteiger partial charge in [-0.05, 0) is 17.7 Å². The van der Waals surface area contributed by atoms with Crippen molar-refractivity contribution in [3.63, 3.8) is 0 Å². The first-order chi connectivity index (χ1) is 12.3. The summed E-state index contributed by atoms with van der Waals surface area (Å²) in [5, 5.41) is 6.73. The lowest BCUT2D eigenvalue weighted by molar-refractivity contribution is -0.131. The molecule has 0 unspecified atom stereocenters. The zero-order chi connectivity index (χ0) is 17.5. The fraction of sp³-hybridized carbons (Fsp3) is 0.222. The number of pyridine rings is 1. The van der Waals surface area contributed by atoms with Gasteiger partial charge in [0.05, 0.1) is 0 Å². The van der Waals surface area contributed by atoms with Crippen LogP contribution in [0.2, 0.25) is 0 Å². The van der Waals surface area contributed by atoms with Crippen LogP contribution in [0.1, 0.15) is 17.5 Å². The monoisotopic (exact) mass is 338 g/mol. The number of hydrogen-bond donors (Lipinski definition) is 1. The summed E-state index contributed by atoms with van der Waals surface area (Å²) in [5.74, 6) is 0.665. The maximum Gasteiger partial charge on any atom is 0.276 e. The Labute approximate surface area is 145 Å². The van der Waals surface area contributed by atoms with Crippen molar-refractivity contribution >= 4 is 5.91 Å². The lowest BCUT2D eigenvalue weighted by Gasteiger charge is -2.15. The second-order valence-electron chi connectivity index (χ2n) is 5.30. The van der Waals surface area contributed by atoms with E-state index in [9.17, 15) is 4.79 Å². The molecule has 0 aliphatic heterocycles. The smallest absolute Gasteiger partial charge is 0.276 e. The van der Waals surface area contributed by atoms with Crippen LogP contribution < -0.4 is 5.32 Å². The number of methoxy groups -OCH3 is 1. The highest BCUT2D eigenvalue weighted by atomic mass is 16.5. The van der Waals surface area contributed by atoms with Crippen LogP contribution in [0.25, 0.3) is 11.6 Å². The zero-order valence-electron chi connectivity index (χ0n) is 13.8. The fourth-order valence-corrected chi connectivity index (χ4v) is 2.36. The molecule has 2 aromatic heterocycles. The number of nitrogens with one attached hydrogen (secondary N) is 1. The third-order valence-corrected chi connectivity index (χ3v) is 3.58. The number of rotatable bonds is 7. The summed E-state index contributed by atoms with van der Waals surface area (Å²) in [4.78, 5) is 20.7. The van der Waals surface area contributed by atoms with Gasteiger partial charge in [0.1, 0.15) is 5.69 Å². The van der Waals surface area contributed by atoms with Crippen LogP contribution in [0.5, 0.6) is 0 Å². The molecule has 25 heavy (non-hydrogen) atoms. The van der Waals surface area contributed by atoms with Crippen LogP contribution in [0.3, 0.4) is 0 Å². The molecule has 3 rings (SSSR count). The molecule has 1 atom stereocenters.